The zero-order valence-electron chi connectivity index (χ0n) is 44.6. The van der Waals surface area contributed by atoms with Crippen LogP contribution in [0.1, 0.15) is 251 Å². The molecule has 0 heterocycles. The fourth-order valence-electron chi connectivity index (χ4n) is 8.09. The quantitative estimate of drug-likeness (QED) is 0.0272. The van der Waals surface area contributed by atoms with Gasteiger partial charge in [0.15, 0.2) is 0 Å². The number of nitrogens with zero attached hydrogens (tertiary/aromatic N) is 1. The summed E-state index contributed by atoms with van der Waals surface area (Å²) in [6.45, 7) is 4.55. The molecule has 0 saturated heterocycles. The van der Waals surface area contributed by atoms with E-state index in [1.165, 1.54) is 167 Å². The van der Waals surface area contributed by atoms with Gasteiger partial charge in [0.1, 0.15) is 13.2 Å². The van der Waals surface area contributed by atoms with Gasteiger partial charge in [-0.25, -0.2) is 0 Å². The number of allylic oxidation sites excluding steroid dienone is 9. The second-order valence-electron chi connectivity index (χ2n) is 20.3. The summed E-state index contributed by atoms with van der Waals surface area (Å²) in [4.78, 5) is 25.5. The van der Waals surface area contributed by atoms with E-state index in [0.29, 0.717) is 17.4 Å². The van der Waals surface area contributed by atoms with Crippen LogP contribution in [-0.4, -0.2) is 68.5 Å². The second kappa shape index (κ2) is 49.2. The molecule has 392 valence electrons. The van der Waals surface area contributed by atoms with Gasteiger partial charge in [-0.1, -0.05) is 248 Å². The Hall–Kier alpha value is -1.80. The molecular formula is C58H109N2O6P. The van der Waals surface area contributed by atoms with E-state index in [1.54, 1.807) is 6.08 Å². The standard InChI is InChI=1S/C58H109N2O6P/c1-6-8-10-12-14-16-18-20-22-24-25-26-27-28-29-30-31-32-33-34-35-36-38-40-42-44-46-48-50-52-58(62)59-56(55-66-67(63,64)65-54-53-60(3,4)5)57(61)51-49-47-45-43-41-39-37-23-21-19-17-15-13-11-9-7-2/h8,10,14,16,20,22,25-26,49,51,56-57,61H,6-7,9,11-13,15,17-19,21,23-24,27-48,50,52-55H2,1-5H3,(H-,59,62,63,64)/b10-8-,16-14-,22-20-,26-25-,51-49+. The maximum atomic E-state index is 13.0. The summed E-state index contributed by atoms with van der Waals surface area (Å²) in [6, 6.07) is -0.887. The summed E-state index contributed by atoms with van der Waals surface area (Å²) in [5, 5.41) is 13.9. The van der Waals surface area contributed by atoms with Gasteiger partial charge in [-0.05, 0) is 57.8 Å². The first-order valence-corrected chi connectivity index (χ1v) is 29.6. The number of likely N-dealkylation sites (N-methyl/N-ethyl adjacent to an activating group) is 1. The molecule has 0 aliphatic heterocycles. The average molecular weight is 961 g/mol. The van der Waals surface area contributed by atoms with Crippen LogP contribution in [0, 0.1) is 0 Å². The lowest BCUT2D eigenvalue weighted by Gasteiger charge is -2.29. The molecule has 0 bridgehead atoms. The van der Waals surface area contributed by atoms with Crippen molar-refractivity contribution in [3.05, 3.63) is 60.8 Å². The molecule has 9 heteroatoms. The van der Waals surface area contributed by atoms with Crippen molar-refractivity contribution in [2.24, 2.45) is 0 Å². The number of rotatable bonds is 51. The van der Waals surface area contributed by atoms with Crippen LogP contribution in [0.5, 0.6) is 0 Å². The van der Waals surface area contributed by atoms with Gasteiger partial charge < -0.3 is 28.8 Å². The molecule has 0 fully saturated rings. The maximum Gasteiger partial charge on any atom is 0.268 e. The van der Waals surface area contributed by atoms with Crippen molar-refractivity contribution < 1.29 is 32.9 Å². The van der Waals surface area contributed by atoms with Crippen LogP contribution >= 0.6 is 7.82 Å². The normalized spacial score (nSPS) is 14.4. The van der Waals surface area contributed by atoms with Crippen LogP contribution in [0.15, 0.2) is 60.8 Å². The molecule has 0 aromatic heterocycles. The molecule has 0 aliphatic rings. The Labute approximate surface area is 415 Å². The Morgan fingerprint density at radius 3 is 1.33 bits per heavy atom. The number of phosphoric ester groups is 1. The minimum absolute atomic E-state index is 0.00144. The van der Waals surface area contributed by atoms with Crippen LogP contribution in [0.25, 0.3) is 0 Å². The Morgan fingerprint density at radius 1 is 0.537 bits per heavy atom. The number of hydrogen-bond donors (Lipinski definition) is 2. The highest BCUT2D eigenvalue weighted by molar-refractivity contribution is 7.45. The molecule has 3 unspecified atom stereocenters. The van der Waals surface area contributed by atoms with E-state index in [2.05, 4.69) is 67.8 Å². The monoisotopic (exact) mass is 961 g/mol. The summed E-state index contributed by atoms with van der Waals surface area (Å²) < 4.78 is 23.3. The highest BCUT2D eigenvalue weighted by Crippen LogP contribution is 2.38. The lowest BCUT2D eigenvalue weighted by molar-refractivity contribution is -0.870. The predicted octanol–water partition coefficient (Wildman–Crippen LogP) is 16.3. The molecule has 0 rings (SSSR count). The molecule has 0 aliphatic carbocycles. The molecular weight excluding hydrogens is 852 g/mol. The van der Waals surface area contributed by atoms with Crippen molar-refractivity contribution in [2.75, 3.05) is 40.9 Å². The zero-order chi connectivity index (χ0) is 49.2. The minimum Gasteiger partial charge on any atom is -0.756 e. The first-order valence-electron chi connectivity index (χ1n) is 28.2. The van der Waals surface area contributed by atoms with Gasteiger partial charge in [0, 0.05) is 6.42 Å². The van der Waals surface area contributed by atoms with Crippen molar-refractivity contribution >= 4 is 13.7 Å². The molecule has 8 nitrogen and oxygen atoms in total. The number of quaternary nitrogens is 1. The summed E-state index contributed by atoms with van der Waals surface area (Å²) in [6.07, 6.45) is 65.7. The topological polar surface area (TPSA) is 108 Å². The van der Waals surface area contributed by atoms with E-state index < -0.39 is 20.0 Å². The summed E-state index contributed by atoms with van der Waals surface area (Å²) in [5.74, 6) is -0.197. The molecule has 0 spiro atoms. The second-order valence-corrected chi connectivity index (χ2v) is 21.7. The lowest BCUT2D eigenvalue weighted by atomic mass is 10.0. The Morgan fingerprint density at radius 2 is 0.910 bits per heavy atom. The predicted molar refractivity (Wildman–Crippen MR) is 288 cm³/mol. The third-order valence-corrected chi connectivity index (χ3v) is 13.4. The molecule has 0 saturated carbocycles. The number of unbranched alkanes of at least 4 members (excludes halogenated alkanes) is 30. The number of phosphoric acid groups is 1. The molecule has 1 amide bonds. The minimum atomic E-state index is -4.59. The number of aliphatic hydroxyl groups excluding tert-OH is 1. The van der Waals surface area contributed by atoms with Gasteiger partial charge in [-0.2, -0.15) is 0 Å². The summed E-state index contributed by atoms with van der Waals surface area (Å²) >= 11 is 0. The summed E-state index contributed by atoms with van der Waals surface area (Å²) in [5.41, 5.74) is 0. The van der Waals surface area contributed by atoms with Crippen molar-refractivity contribution in [3.8, 4) is 0 Å². The van der Waals surface area contributed by atoms with E-state index in [0.717, 1.165) is 64.2 Å². The number of nitrogens with one attached hydrogen (secondary N) is 1. The highest BCUT2D eigenvalue weighted by atomic mass is 31.2. The van der Waals surface area contributed by atoms with Gasteiger partial charge in [0.05, 0.1) is 39.9 Å². The smallest absolute Gasteiger partial charge is 0.268 e. The number of aliphatic hydroxyl groups is 1. The van der Waals surface area contributed by atoms with Gasteiger partial charge in [-0.3, -0.25) is 9.36 Å². The molecule has 0 aromatic carbocycles. The molecule has 0 aromatic rings. The Balaban J connectivity index is 4.14. The first kappa shape index (κ1) is 65.2. The third-order valence-electron chi connectivity index (χ3n) is 12.5. The fraction of sp³-hybridized carbons (Fsp3) is 0.810. The first-order chi connectivity index (χ1) is 32.5. The van der Waals surface area contributed by atoms with Crippen molar-refractivity contribution in [3.63, 3.8) is 0 Å². The van der Waals surface area contributed by atoms with Crippen LogP contribution in [-0.2, 0) is 18.4 Å². The fourth-order valence-corrected chi connectivity index (χ4v) is 8.81. The van der Waals surface area contributed by atoms with Gasteiger partial charge >= 0.3 is 0 Å². The Bertz CT molecular complexity index is 1270. The van der Waals surface area contributed by atoms with E-state index in [9.17, 15) is 19.4 Å². The van der Waals surface area contributed by atoms with Crippen molar-refractivity contribution in [1.82, 2.24) is 5.32 Å². The van der Waals surface area contributed by atoms with Crippen LogP contribution in [0.2, 0.25) is 0 Å². The zero-order valence-corrected chi connectivity index (χ0v) is 45.5. The van der Waals surface area contributed by atoms with E-state index in [1.807, 2.05) is 27.2 Å². The Kier molecular flexibility index (Phi) is 47.9. The summed E-state index contributed by atoms with van der Waals surface area (Å²) in [7, 11) is 1.26. The number of carbonyl (C=O) groups excluding carboxylic acids is 1. The largest absolute Gasteiger partial charge is 0.756 e. The SMILES string of the molecule is CC/C=C\C/C=C\C/C=C\C/C=C\CCCCCCCCCCCCCCCCCCC(=O)NC(COP(=O)([O-])OCC[N+](C)(C)C)C(O)/C=C/CCCCCCCCCCCCCCCC. The van der Waals surface area contributed by atoms with Crippen LogP contribution < -0.4 is 10.2 Å². The number of carbonyl (C=O) groups is 1. The number of hydrogen-bond acceptors (Lipinski definition) is 6. The molecule has 67 heavy (non-hydrogen) atoms. The van der Waals surface area contributed by atoms with E-state index in [4.69, 9.17) is 9.05 Å². The van der Waals surface area contributed by atoms with E-state index >= 15 is 0 Å². The number of amides is 1. The van der Waals surface area contributed by atoms with Crippen LogP contribution in [0.3, 0.4) is 0 Å². The van der Waals surface area contributed by atoms with Gasteiger partial charge in [0.25, 0.3) is 7.82 Å². The highest BCUT2D eigenvalue weighted by Gasteiger charge is 2.23. The van der Waals surface area contributed by atoms with E-state index in [-0.39, 0.29) is 19.1 Å². The lowest BCUT2D eigenvalue weighted by Crippen LogP contribution is -2.45. The molecule has 3 atom stereocenters. The maximum absolute atomic E-state index is 13.0. The van der Waals surface area contributed by atoms with Gasteiger partial charge in [0.2, 0.25) is 5.91 Å². The van der Waals surface area contributed by atoms with Crippen LogP contribution in [0.4, 0.5) is 0 Å². The average Bonchev–Trinajstić information content (AvgIpc) is 3.29. The van der Waals surface area contributed by atoms with Gasteiger partial charge in [-0.15, -0.1) is 0 Å². The third kappa shape index (κ3) is 51.9. The molecule has 0 radical (unpaired) electrons. The van der Waals surface area contributed by atoms with Crippen molar-refractivity contribution in [2.45, 2.75) is 264 Å². The van der Waals surface area contributed by atoms with Crippen molar-refractivity contribution in [1.29, 1.82) is 0 Å². The molecule has 2 N–H and O–H groups in total.